The molecule has 0 heterocycles. The number of benzene rings is 1. The van der Waals surface area contributed by atoms with E-state index in [1.165, 1.54) is 0 Å². The van der Waals surface area contributed by atoms with E-state index in [1.54, 1.807) is 6.92 Å². The van der Waals surface area contributed by atoms with E-state index in [0.717, 1.165) is 5.56 Å². The molecule has 0 N–H and O–H groups in total. The molecule has 0 unspecified atom stereocenters. The van der Waals surface area contributed by atoms with Crippen LogP contribution in [-0.2, 0) is 11.2 Å². The Morgan fingerprint density at radius 3 is 2.38 bits per heavy atom. The fourth-order valence-corrected chi connectivity index (χ4v) is 1.05. The zero-order chi connectivity index (χ0) is 8.97. The molecule has 0 saturated carbocycles. The first-order valence-electron chi connectivity index (χ1n) is 3.95. The van der Waals surface area contributed by atoms with Gasteiger partial charge in [-0.25, -0.2) is 0 Å². The summed E-state index contributed by atoms with van der Waals surface area (Å²) in [5.41, 5.74) is 1.04. The summed E-state index contributed by atoms with van der Waals surface area (Å²) in [6, 6.07) is 9.54. The molecule has 0 amide bonds. The molecular formula is C10H11NaO2. The van der Waals surface area contributed by atoms with Crippen LogP contribution >= 0.6 is 0 Å². The number of rotatable bonds is 3. The van der Waals surface area contributed by atoms with Gasteiger partial charge in [-0.1, -0.05) is 37.3 Å². The summed E-state index contributed by atoms with van der Waals surface area (Å²) < 4.78 is 0. The number of hydrogen-bond acceptors (Lipinski definition) is 2. The van der Waals surface area contributed by atoms with Crippen LogP contribution in [0.15, 0.2) is 30.3 Å². The van der Waals surface area contributed by atoms with Crippen molar-refractivity contribution in [3.63, 3.8) is 0 Å². The molecule has 0 aliphatic heterocycles. The molecule has 1 aromatic carbocycles. The second-order valence-corrected chi connectivity index (χ2v) is 2.91. The molecule has 0 saturated heterocycles. The van der Waals surface area contributed by atoms with E-state index in [0.29, 0.717) is 6.42 Å². The molecular weight excluding hydrogens is 175 g/mol. The van der Waals surface area contributed by atoms with E-state index in [1.807, 2.05) is 30.3 Å². The Kier molecular flexibility index (Phi) is 6.04. The predicted molar refractivity (Wildman–Crippen MR) is 44.3 cm³/mol. The minimum atomic E-state index is -0.987. The molecule has 3 heteroatoms. The van der Waals surface area contributed by atoms with Crippen LogP contribution in [0, 0.1) is 5.92 Å². The monoisotopic (exact) mass is 186 g/mol. The first kappa shape index (κ1) is 12.7. The number of carboxylic acids is 1. The summed E-state index contributed by atoms with van der Waals surface area (Å²) in [7, 11) is 0. The summed E-state index contributed by atoms with van der Waals surface area (Å²) in [5, 5.41) is 10.4. The Hall–Kier alpha value is -0.310. The van der Waals surface area contributed by atoms with Gasteiger partial charge in [0.2, 0.25) is 0 Å². The van der Waals surface area contributed by atoms with Gasteiger partial charge < -0.3 is 9.90 Å². The van der Waals surface area contributed by atoms with Gasteiger partial charge in [0.25, 0.3) is 0 Å². The van der Waals surface area contributed by atoms with Crippen molar-refractivity contribution >= 4 is 5.97 Å². The molecule has 1 rings (SSSR count). The fraction of sp³-hybridized carbons (Fsp3) is 0.300. The second kappa shape index (κ2) is 6.19. The van der Waals surface area contributed by atoms with E-state index < -0.39 is 11.9 Å². The van der Waals surface area contributed by atoms with Crippen molar-refractivity contribution < 1.29 is 39.5 Å². The Balaban J connectivity index is 0.00000144. The van der Waals surface area contributed by atoms with Gasteiger partial charge in [-0.2, -0.15) is 0 Å². The molecule has 0 fully saturated rings. The molecule has 1 atom stereocenters. The van der Waals surface area contributed by atoms with Gasteiger partial charge in [-0.15, -0.1) is 0 Å². The number of carbonyl (C=O) groups excluding carboxylic acids is 1. The van der Waals surface area contributed by atoms with Crippen LogP contribution in [0.5, 0.6) is 0 Å². The molecule has 0 spiro atoms. The topological polar surface area (TPSA) is 40.1 Å². The van der Waals surface area contributed by atoms with E-state index in [9.17, 15) is 9.90 Å². The van der Waals surface area contributed by atoms with E-state index in [2.05, 4.69) is 0 Å². The van der Waals surface area contributed by atoms with Crippen molar-refractivity contribution in [1.29, 1.82) is 0 Å². The number of aliphatic carboxylic acids is 1. The van der Waals surface area contributed by atoms with Crippen LogP contribution in [-0.4, -0.2) is 5.97 Å². The average molecular weight is 186 g/mol. The van der Waals surface area contributed by atoms with Crippen LogP contribution in [0.25, 0.3) is 0 Å². The van der Waals surface area contributed by atoms with Crippen LogP contribution in [0.1, 0.15) is 12.5 Å². The average Bonchev–Trinajstić information content (AvgIpc) is 2.06. The minimum Gasteiger partial charge on any atom is -0.550 e. The number of carboxylic acid groups (broad SMARTS) is 1. The maximum absolute atomic E-state index is 10.4. The standard InChI is InChI=1S/C10H12O2.Na/c1-8(10(11)12)7-9-5-3-2-4-6-9;/h2-6,8H,7H2,1H3,(H,11,12);/q;+1/p-1/t8-;/m0./s1. The summed E-state index contributed by atoms with van der Waals surface area (Å²) in [4.78, 5) is 10.4. The van der Waals surface area contributed by atoms with Crippen LogP contribution in [0.2, 0.25) is 0 Å². The summed E-state index contributed by atoms with van der Waals surface area (Å²) in [6.45, 7) is 1.66. The van der Waals surface area contributed by atoms with Gasteiger partial charge >= 0.3 is 29.6 Å². The van der Waals surface area contributed by atoms with Crippen molar-refractivity contribution in [1.82, 2.24) is 0 Å². The second-order valence-electron chi connectivity index (χ2n) is 2.91. The molecule has 0 aliphatic carbocycles. The van der Waals surface area contributed by atoms with Crippen LogP contribution in [0.4, 0.5) is 0 Å². The SMILES string of the molecule is C[C@@H](Cc1ccccc1)C(=O)[O-].[Na+]. The van der Waals surface area contributed by atoms with Crippen molar-refractivity contribution in [2.45, 2.75) is 13.3 Å². The molecule has 0 aliphatic rings. The summed E-state index contributed by atoms with van der Waals surface area (Å²) in [5.74, 6) is -1.40. The Morgan fingerprint density at radius 2 is 1.92 bits per heavy atom. The molecule has 0 radical (unpaired) electrons. The van der Waals surface area contributed by atoms with E-state index in [-0.39, 0.29) is 29.6 Å². The van der Waals surface area contributed by atoms with Gasteiger partial charge in [-0.3, -0.25) is 0 Å². The quantitative estimate of drug-likeness (QED) is 0.494. The molecule has 2 nitrogen and oxygen atoms in total. The van der Waals surface area contributed by atoms with E-state index in [4.69, 9.17) is 0 Å². The third-order valence-electron chi connectivity index (χ3n) is 1.79. The van der Waals surface area contributed by atoms with Crippen LogP contribution < -0.4 is 34.7 Å². The van der Waals surface area contributed by atoms with Crippen molar-refractivity contribution in [2.24, 2.45) is 5.92 Å². The maximum atomic E-state index is 10.4. The Morgan fingerprint density at radius 1 is 1.38 bits per heavy atom. The molecule has 0 aromatic heterocycles. The smallest absolute Gasteiger partial charge is 0.550 e. The summed E-state index contributed by atoms with van der Waals surface area (Å²) in [6.07, 6.45) is 0.545. The summed E-state index contributed by atoms with van der Waals surface area (Å²) >= 11 is 0. The Bertz CT molecular complexity index is 259. The largest absolute Gasteiger partial charge is 1.00 e. The Labute approximate surface area is 100 Å². The van der Waals surface area contributed by atoms with Gasteiger partial charge in [0.1, 0.15) is 0 Å². The first-order valence-corrected chi connectivity index (χ1v) is 3.95. The predicted octanol–water partition coefficient (Wildman–Crippen LogP) is -2.38. The molecule has 1 aromatic rings. The first-order chi connectivity index (χ1) is 5.70. The fourth-order valence-electron chi connectivity index (χ4n) is 1.05. The van der Waals surface area contributed by atoms with Gasteiger partial charge in [0.15, 0.2) is 0 Å². The number of carbonyl (C=O) groups is 1. The van der Waals surface area contributed by atoms with Gasteiger partial charge in [0.05, 0.1) is 0 Å². The third kappa shape index (κ3) is 4.46. The third-order valence-corrected chi connectivity index (χ3v) is 1.79. The minimum absolute atomic E-state index is 0. The van der Waals surface area contributed by atoms with Crippen molar-refractivity contribution in [3.05, 3.63) is 35.9 Å². The normalized spacial score (nSPS) is 11.5. The zero-order valence-corrected chi connectivity index (χ0v) is 9.99. The van der Waals surface area contributed by atoms with E-state index >= 15 is 0 Å². The molecule has 64 valence electrons. The molecule has 13 heavy (non-hydrogen) atoms. The molecule has 0 bridgehead atoms. The van der Waals surface area contributed by atoms with Gasteiger partial charge in [0, 0.05) is 5.97 Å². The zero-order valence-electron chi connectivity index (χ0n) is 7.99. The maximum Gasteiger partial charge on any atom is 1.00 e. The number of hydrogen-bond donors (Lipinski definition) is 0. The van der Waals surface area contributed by atoms with Crippen molar-refractivity contribution in [2.75, 3.05) is 0 Å². The van der Waals surface area contributed by atoms with Gasteiger partial charge in [-0.05, 0) is 17.9 Å². The van der Waals surface area contributed by atoms with Crippen LogP contribution in [0.3, 0.4) is 0 Å². The van der Waals surface area contributed by atoms with Crippen molar-refractivity contribution in [3.8, 4) is 0 Å².